The van der Waals surface area contributed by atoms with E-state index in [9.17, 15) is 4.79 Å². The average molecular weight is 449 g/mol. The van der Waals surface area contributed by atoms with Crippen molar-refractivity contribution in [3.05, 3.63) is 60.0 Å². The van der Waals surface area contributed by atoms with Crippen LogP contribution in [0.2, 0.25) is 0 Å². The summed E-state index contributed by atoms with van der Waals surface area (Å²) in [5, 5.41) is 8.45. The lowest BCUT2D eigenvalue weighted by atomic mass is 9.99. The third-order valence-corrected chi connectivity index (χ3v) is 5.57. The molecule has 1 amide bonds. The molecule has 9 nitrogen and oxygen atoms in total. The maximum atomic E-state index is 13.7. The minimum atomic E-state index is -0.152. The van der Waals surface area contributed by atoms with Crippen LogP contribution in [-0.4, -0.2) is 69.3 Å². The smallest absolute Gasteiger partial charge is 0.256 e. The van der Waals surface area contributed by atoms with E-state index in [0.29, 0.717) is 36.0 Å². The van der Waals surface area contributed by atoms with Gasteiger partial charge in [0.25, 0.3) is 5.91 Å². The van der Waals surface area contributed by atoms with E-state index < -0.39 is 0 Å². The van der Waals surface area contributed by atoms with Crippen LogP contribution in [0.3, 0.4) is 0 Å². The summed E-state index contributed by atoms with van der Waals surface area (Å²) in [6.45, 7) is 4.97. The van der Waals surface area contributed by atoms with E-state index in [1.165, 1.54) is 4.80 Å². The Balaban J connectivity index is 1.56. The minimum absolute atomic E-state index is 0.0777. The van der Waals surface area contributed by atoms with Crippen molar-refractivity contribution in [3.8, 4) is 17.3 Å². The molecule has 3 heterocycles. The fourth-order valence-electron chi connectivity index (χ4n) is 3.95. The van der Waals surface area contributed by atoms with E-state index in [0.717, 1.165) is 18.4 Å². The number of benzene rings is 1. The van der Waals surface area contributed by atoms with Crippen molar-refractivity contribution >= 4 is 12.1 Å². The Bertz CT molecular complexity index is 1120. The van der Waals surface area contributed by atoms with Gasteiger partial charge in [-0.25, -0.2) is 4.98 Å². The van der Waals surface area contributed by atoms with E-state index in [-0.39, 0.29) is 18.1 Å². The number of piperidine rings is 1. The molecule has 1 aliphatic heterocycles. The van der Waals surface area contributed by atoms with Crippen molar-refractivity contribution in [1.29, 1.82) is 0 Å². The molecule has 0 bridgehead atoms. The maximum Gasteiger partial charge on any atom is 0.256 e. The zero-order valence-corrected chi connectivity index (χ0v) is 19.1. The summed E-state index contributed by atoms with van der Waals surface area (Å²) in [6.07, 6.45) is 8.14. The van der Waals surface area contributed by atoms with Gasteiger partial charge in [-0.15, -0.1) is 0 Å². The predicted octanol–water partition coefficient (Wildman–Crippen LogP) is 3.18. The number of likely N-dealkylation sites (tertiary alicyclic amines) is 1. The topological polar surface area (TPSA) is 94.7 Å². The number of carbonyl (C=O) groups excluding carboxylic acids is 1. The normalized spacial score (nSPS) is 18.5. The van der Waals surface area contributed by atoms with Crippen molar-refractivity contribution in [2.75, 3.05) is 20.2 Å². The highest BCUT2D eigenvalue weighted by Crippen LogP contribution is 2.27. The number of hydrogen-bond donors (Lipinski definition) is 0. The van der Waals surface area contributed by atoms with E-state index in [2.05, 4.69) is 27.1 Å². The summed E-state index contributed by atoms with van der Waals surface area (Å²) in [4.78, 5) is 25.3. The van der Waals surface area contributed by atoms with Crippen LogP contribution in [0.25, 0.3) is 5.69 Å². The molecule has 1 fully saturated rings. The minimum Gasteiger partial charge on any atom is -0.494 e. The van der Waals surface area contributed by atoms with Crippen LogP contribution in [0.4, 0.5) is 0 Å². The maximum absolute atomic E-state index is 13.7. The Kier molecular flexibility index (Phi) is 6.97. The third kappa shape index (κ3) is 5.19. The monoisotopic (exact) mass is 448 g/mol. The number of hydrogen-bond acceptors (Lipinski definition) is 7. The third-order valence-electron chi connectivity index (χ3n) is 5.57. The van der Waals surface area contributed by atoms with Gasteiger partial charge in [-0.2, -0.15) is 15.0 Å². The van der Waals surface area contributed by atoms with Crippen LogP contribution in [0, 0.1) is 0 Å². The van der Waals surface area contributed by atoms with Gasteiger partial charge >= 0.3 is 0 Å². The Hall–Kier alpha value is -3.75. The predicted molar refractivity (Wildman–Crippen MR) is 124 cm³/mol. The second-order valence-corrected chi connectivity index (χ2v) is 7.87. The summed E-state index contributed by atoms with van der Waals surface area (Å²) >= 11 is 0. The quantitative estimate of drug-likeness (QED) is 0.515. The molecule has 1 aromatic carbocycles. The van der Waals surface area contributed by atoms with Crippen molar-refractivity contribution in [2.45, 2.75) is 38.8 Å². The van der Waals surface area contributed by atoms with Gasteiger partial charge in [-0.3, -0.25) is 9.79 Å². The standard InChI is InChI=1S/C24H28N6O3/c1-4-32-19-7-8-21(22(14-19)30-27-11-12-28-30)24(31)29-16-20(6-5-17(29)2)33-23-13-18(15-25-3)9-10-26-23/h7-15,17,20H,4-6,16H2,1-3H3/t17-,20-/m1/s1. The van der Waals surface area contributed by atoms with E-state index in [1.54, 1.807) is 50.1 Å². The van der Waals surface area contributed by atoms with Crippen LogP contribution < -0.4 is 9.47 Å². The highest BCUT2D eigenvalue weighted by molar-refractivity contribution is 5.98. The molecule has 3 aromatic rings. The average Bonchev–Trinajstić information content (AvgIpc) is 3.36. The second-order valence-electron chi connectivity index (χ2n) is 7.87. The molecule has 172 valence electrons. The van der Waals surface area contributed by atoms with Gasteiger partial charge in [0.1, 0.15) is 17.5 Å². The number of rotatable bonds is 7. The Morgan fingerprint density at radius 2 is 2.00 bits per heavy atom. The van der Waals surface area contributed by atoms with Gasteiger partial charge in [0, 0.05) is 37.6 Å². The molecule has 1 saturated heterocycles. The lowest BCUT2D eigenvalue weighted by Crippen LogP contribution is -2.49. The summed E-state index contributed by atoms with van der Waals surface area (Å²) in [6, 6.07) is 9.17. The van der Waals surface area contributed by atoms with Gasteiger partial charge in [0.05, 0.1) is 31.1 Å². The first kappa shape index (κ1) is 22.4. The van der Waals surface area contributed by atoms with Crippen LogP contribution in [0.1, 0.15) is 42.6 Å². The number of nitrogens with zero attached hydrogens (tertiary/aromatic N) is 6. The lowest BCUT2D eigenvalue weighted by Gasteiger charge is -2.38. The number of aliphatic imine (C=N–C) groups is 1. The van der Waals surface area contributed by atoms with Gasteiger partial charge in [0.2, 0.25) is 5.88 Å². The van der Waals surface area contributed by atoms with Crippen LogP contribution in [0.5, 0.6) is 11.6 Å². The molecule has 0 radical (unpaired) electrons. The number of aromatic nitrogens is 4. The fraction of sp³-hybridized carbons (Fsp3) is 0.375. The molecule has 0 spiro atoms. The van der Waals surface area contributed by atoms with Crippen LogP contribution in [-0.2, 0) is 0 Å². The second kappa shape index (κ2) is 10.2. The molecular weight excluding hydrogens is 420 g/mol. The summed E-state index contributed by atoms with van der Waals surface area (Å²) in [5.74, 6) is 1.10. The van der Waals surface area contributed by atoms with E-state index in [4.69, 9.17) is 9.47 Å². The van der Waals surface area contributed by atoms with Crippen molar-refractivity contribution in [1.82, 2.24) is 24.9 Å². The molecule has 2 aromatic heterocycles. The van der Waals surface area contributed by atoms with Crippen LogP contribution >= 0.6 is 0 Å². The molecule has 4 rings (SSSR count). The summed E-state index contributed by atoms with van der Waals surface area (Å²) in [5.41, 5.74) is 2.02. The molecule has 9 heteroatoms. The van der Waals surface area contributed by atoms with Gasteiger partial charge in [-0.05, 0) is 50.5 Å². The Morgan fingerprint density at radius 1 is 1.18 bits per heavy atom. The molecule has 0 N–H and O–H groups in total. The largest absolute Gasteiger partial charge is 0.494 e. The van der Waals surface area contributed by atoms with Crippen molar-refractivity contribution < 1.29 is 14.3 Å². The number of carbonyl (C=O) groups is 1. The first-order valence-corrected chi connectivity index (χ1v) is 11.1. The highest BCUT2D eigenvalue weighted by atomic mass is 16.5. The Morgan fingerprint density at radius 3 is 2.76 bits per heavy atom. The molecule has 0 saturated carbocycles. The molecule has 0 aliphatic carbocycles. The van der Waals surface area contributed by atoms with Gasteiger partial charge < -0.3 is 14.4 Å². The van der Waals surface area contributed by atoms with Crippen molar-refractivity contribution in [2.24, 2.45) is 4.99 Å². The number of pyridine rings is 1. The van der Waals surface area contributed by atoms with Crippen LogP contribution in [0.15, 0.2) is 53.9 Å². The molecular formula is C24H28N6O3. The Labute approximate surface area is 193 Å². The molecule has 33 heavy (non-hydrogen) atoms. The SMILES string of the molecule is CCOc1ccc(C(=O)N2C[C@H](Oc3cc(C=NC)ccn3)CC[C@H]2C)c(-n2nccn2)c1. The highest BCUT2D eigenvalue weighted by Gasteiger charge is 2.32. The summed E-state index contributed by atoms with van der Waals surface area (Å²) < 4.78 is 11.8. The first-order valence-electron chi connectivity index (χ1n) is 11.1. The summed E-state index contributed by atoms with van der Waals surface area (Å²) in [7, 11) is 1.72. The fourth-order valence-corrected chi connectivity index (χ4v) is 3.95. The van der Waals surface area contributed by atoms with E-state index >= 15 is 0 Å². The molecule has 1 aliphatic rings. The molecule has 0 unspecified atom stereocenters. The zero-order chi connectivity index (χ0) is 23.2. The van der Waals surface area contributed by atoms with Crippen molar-refractivity contribution in [3.63, 3.8) is 0 Å². The zero-order valence-electron chi connectivity index (χ0n) is 19.1. The van der Waals surface area contributed by atoms with E-state index in [1.807, 2.05) is 24.0 Å². The molecule has 2 atom stereocenters. The first-order chi connectivity index (χ1) is 16.1. The number of ether oxygens (including phenoxy) is 2. The van der Waals surface area contributed by atoms with Gasteiger partial charge in [-0.1, -0.05) is 0 Å². The number of amides is 1. The lowest BCUT2D eigenvalue weighted by molar-refractivity contribution is 0.0372. The van der Waals surface area contributed by atoms with Gasteiger partial charge in [0.15, 0.2) is 0 Å².